The van der Waals surface area contributed by atoms with Crippen molar-refractivity contribution < 1.29 is 19.1 Å². The minimum absolute atomic E-state index is 0.171. The van der Waals surface area contributed by atoms with Crippen molar-refractivity contribution in [2.45, 2.75) is 11.8 Å². The number of hydrogen-bond donors (Lipinski definition) is 0. The standard InChI is InChI=1S/C18H16O4S/c1-12(18(21)23-13-8-4-3-5-9-13)16(19)14-10-6-7-11-15(14)17(20)22-2/h3-12H,1-2H3. The molecular weight excluding hydrogens is 312 g/mol. The molecule has 1 unspecified atom stereocenters. The van der Waals surface area contributed by atoms with Crippen LogP contribution in [0.2, 0.25) is 0 Å². The molecular formula is C18H16O4S. The Morgan fingerprint density at radius 1 is 0.913 bits per heavy atom. The van der Waals surface area contributed by atoms with E-state index in [4.69, 9.17) is 0 Å². The molecule has 4 nitrogen and oxygen atoms in total. The van der Waals surface area contributed by atoms with Crippen LogP contribution in [0.1, 0.15) is 27.6 Å². The number of carbonyl (C=O) groups is 3. The molecule has 0 heterocycles. The van der Waals surface area contributed by atoms with Crippen LogP contribution in [0.15, 0.2) is 59.5 Å². The summed E-state index contributed by atoms with van der Waals surface area (Å²) in [5.74, 6) is -1.84. The molecule has 5 heteroatoms. The first-order chi connectivity index (χ1) is 11.0. The van der Waals surface area contributed by atoms with E-state index in [1.54, 1.807) is 19.1 Å². The van der Waals surface area contributed by atoms with Gasteiger partial charge in [-0.3, -0.25) is 9.59 Å². The number of benzene rings is 2. The third-order valence-electron chi connectivity index (χ3n) is 3.31. The zero-order valence-electron chi connectivity index (χ0n) is 12.8. The fourth-order valence-electron chi connectivity index (χ4n) is 2.02. The van der Waals surface area contributed by atoms with E-state index < -0.39 is 11.9 Å². The Morgan fingerprint density at radius 3 is 2.09 bits per heavy atom. The Kier molecular flexibility index (Phi) is 5.71. The quantitative estimate of drug-likeness (QED) is 0.363. The average Bonchev–Trinajstić information content (AvgIpc) is 2.60. The molecule has 0 saturated carbocycles. The summed E-state index contributed by atoms with van der Waals surface area (Å²) in [6.07, 6.45) is 0. The lowest BCUT2D eigenvalue weighted by Crippen LogP contribution is -2.21. The fraction of sp³-hybridized carbons (Fsp3) is 0.167. The maximum Gasteiger partial charge on any atom is 0.338 e. The first kappa shape index (κ1) is 17.0. The Labute approximate surface area is 138 Å². The van der Waals surface area contributed by atoms with Crippen LogP contribution < -0.4 is 0 Å². The van der Waals surface area contributed by atoms with Gasteiger partial charge in [0.25, 0.3) is 0 Å². The highest BCUT2D eigenvalue weighted by Crippen LogP contribution is 2.25. The highest BCUT2D eigenvalue weighted by atomic mass is 32.2. The first-order valence-electron chi connectivity index (χ1n) is 7.03. The molecule has 118 valence electrons. The summed E-state index contributed by atoms with van der Waals surface area (Å²) >= 11 is 1.02. The lowest BCUT2D eigenvalue weighted by atomic mass is 9.96. The number of thioether (sulfide) groups is 1. The van der Waals surface area contributed by atoms with Gasteiger partial charge in [0.1, 0.15) is 0 Å². The van der Waals surface area contributed by atoms with Gasteiger partial charge >= 0.3 is 5.97 Å². The van der Waals surface area contributed by atoms with Crippen LogP contribution in [0, 0.1) is 5.92 Å². The van der Waals surface area contributed by atoms with Gasteiger partial charge in [-0.1, -0.05) is 48.2 Å². The minimum Gasteiger partial charge on any atom is -0.465 e. The number of carbonyl (C=O) groups excluding carboxylic acids is 3. The third kappa shape index (κ3) is 4.07. The van der Waals surface area contributed by atoms with Crippen molar-refractivity contribution in [2.24, 2.45) is 5.92 Å². The minimum atomic E-state index is -0.856. The predicted molar refractivity (Wildman–Crippen MR) is 88.6 cm³/mol. The molecule has 0 amide bonds. The van der Waals surface area contributed by atoms with Gasteiger partial charge in [0.15, 0.2) is 5.78 Å². The molecule has 1 atom stereocenters. The van der Waals surface area contributed by atoms with Crippen molar-refractivity contribution in [3.63, 3.8) is 0 Å². The number of rotatable bonds is 5. The van der Waals surface area contributed by atoms with E-state index in [-0.39, 0.29) is 22.0 Å². The van der Waals surface area contributed by atoms with Crippen LogP contribution in [0.3, 0.4) is 0 Å². The van der Waals surface area contributed by atoms with E-state index in [2.05, 4.69) is 4.74 Å². The van der Waals surface area contributed by atoms with Crippen molar-refractivity contribution >= 4 is 28.6 Å². The summed E-state index contributed by atoms with van der Waals surface area (Å²) in [5.41, 5.74) is 0.373. The molecule has 0 aliphatic heterocycles. The lowest BCUT2D eigenvalue weighted by Gasteiger charge is -2.11. The maximum absolute atomic E-state index is 12.6. The van der Waals surface area contributed by atoms with Crippen LogP contribution in [-0.2, 0) is 9.53 Å². The third-order valence-corrected chi connectivity index (χ3v) is 4.37. The summed E-state index contributed by atoms with van der Waals surface area (Å²) in [6.45, 7) is 1.55. The van der Waals surface area contributed by atoms with Crippen LogP contribution in [-0.4, -0.2) is 24.0 Å². The smallest absolute Gasteiger partial charge is 0.338 e. The molecule has 0 aromatic heterocycles. The SMILES string of the molecule is COC(=O)c1ccccc1C(=O)C(C)C(=O)Sc1ccccc1. The summed E-state index contributed by atoms with van der Waals surface area (Å²) < 4.78 is 4.68. The molecule has 0 aliphatic rings. The zero-order chi connectivity index (χ0) is 16.8. The van der Waals surface area contributed by atoms with E-state index in [1.807, 2.05) is 30.3 Å². The Bertz CT molecular complexity index is 725. The lowest BCUT2D eigenvalue weighted by molar-refractivity contribution is -0.112. The monoisotopic (exact) mass is 328 g/mol. The number of hydrogen-bond acceptors (Lipinski definition) is 5. The topological polar surface area (TPSA) is 60.4 Å². The summed E-state index contributed by atoms with van der Waals surface area (Å²) in [5, 5.41) is -0.263. The molecule has 23 heavy (non-hydrogen) atoms. The van der Waals surface area contributed by atoms with Gasteiger partial charge in [0.05, 0.1) is 18.6 Å². The second-order valence-electron chi connectivity index (χ2n) is 4.86. The summed E-state index contributed by atoms with van der Waals surface area (Å²) in [6, 6.07) is 15.5. The Balaban J connectivity index is 2.20. The van der Waals surface area contributed by atoms with Crippen LogP contribution >= 0.6 is 11.8 Å². The van der Waals surface area contributed by atoms with Gasteiger partial charge in [-0.05, 0) is 25.1 Å². The largest absolute Gasteiger partial charge is 0.465 e. The van der Waals surface area contributed by atoms with E-state index in [9.17, 15) is 14.4 Å². The Morgan fingerprint density at radius 2 is 1.48 bits per heavy atom. The van der Waals surface area contributed by atoms with Crippen LogP contribution in [0.5, 0.6) is 0 Å². The van der Waals surface area contributed by atoms with Crippen LogP contribution in [0.4, 0.5) is 0 Å². The van der Waals surface area contributed by atoms with Crippen molar-refractivity contribution in [3.8, 4) is 0 Å². The van der Waals surface area contributed by atoms with Gasteiger partial charge in [-0.25, -0.2) is 4.79 Å². The Hall–Kier alpha value is -2.40. The molecule has 2 rings (SSSR count). The van der Waals surface area contributed by atoms with E-state index >= 15 is 0 Å². The number of methoxy groups -OCH3 is 1. The van der Waals surface area contributed by atoms with Crippen molar-refractivity contribution in [3.05, 3.63) is 65.7 Å². The number of ketones is 1. The molecule has 0 N–H and O–H groups in total. The van der Waals surface area contributed by atoms with Crippen LogP contribution in [0.25, 0.3) is 0 Å². The molecule has 0 saturated heterocycles. The highest BCUT2D eigenvalue weighted by Gasteiger charge is 2.27. The number of esters is 1. The molecule has 0 fully saturated rings. The maximum atomic E-state index is 12.6. The normalized spacial score (nSPS) is 11.6. The summed E-state index contributed by atoms with van der Waals surface area (Å²) in [4.78, 5) is 37.4. The molecule has 2 aromatic carbocycles. The molecule has 2 aromatic rings. The highest BCUT2D eigenvalue weighted by molar-refractivity contribution is 8.13. The van der Waals surface area contributed by atoms with E-state index in [1.165, 1.54) is 19.2 Å². The van der Waals surface area contributed by atoms with Gasteiger partial charge in [-0.2, -0.15) is 0 Å². The molecule has 0 radical (unpaired) electrons. The number of ether oxygens (including phenoxy) is 1. The van der Waals surface area contributed by atoms with Gasteiger partial charge in [0.2, 0.25) is 5.12 Å². The molecule has 0 aliphatic carbocycles. The first-order valence-corrected chi connectivity index (χ1v) is 7.84. The van der Waals surface area contributed by atoms with E-state index in [0.29, 0.717) is 0 Å². The fourth-order valence-corrected chi connectivity index (χ4v) is 2.83. The van der Waals surface area contributed by atoms with Crippen molar-refractivity contribution in [1.29, 1.82) is 0 Å². The van der Waals surface area contributed by atoms with Gasteiger partial charge in [0, 0.05) is 10.5 Å². The molecule has 0 spiro atoms. The zero-order valence-corrected chi connectivity index (χ0v) is 13.6. The van der Waals surface area contributed by atoms with Gasteiger partial charge < -0.3 is 4.74 Å². The van der Waals surface area contributed by atoms with Gasteiger partial charge in [-0.15, -0.1) is 0 Å². The average molecular weight is 328 g/mol. The second kappa shape index (κ2) is 7.74. The predicted octanol–water partition coefficient (Wildman–Crippen LogP) is 3.61. The van der Waals surface area contributed by atoms with Crippen molar-refractivity contribution in [1.82, 2.24) is 0 Å². The molecule has 0 bridgehead atoms. The number of Topliss-reactive ketones (excluding diaryl/α,β-unsaturated/α-hetero) is 1. The summed E-state index contributed by atoms with van der Waals surface area (Å²) in [7, 11) is 1.25. The second-order valence-corrected chi connectivity index (χ2v) is 5.94. The van der Waals surface area contributed by atoms with Crippen molar-refractivity contribution in [2.75, 3.05) is 7.11 Å². The van der Waals surface area contributed by atoms with E-state index in [0.717, 1.165) is 16.7 Å².